The van der Waals surface area contributed by atoms with Gasteiger partial charge in [0.25, 0.3) is 0 Å². The van der Waals surface area contributed by atoms with Gasteiger partial charge >= 0.3 is 5.97 Å². The second-order valence-corrected chi connectivity index (χ2v) is 6.05. The lowest BCUT2D eigenvalue weighted by Crippen LogP contribution is -2.43. The van der Waals surface area contributed by atoms with E-state index in [-0.39, 0.29) is 12.3 Å². The smallest absolute Gasteiger partial charge is 0.328 e. The second kappa shape index (κ2) is 8.48. The summed E-state index contributed by atoms with van der Waals surface area (Å²) in [4.78, 5) is 24.1. The van der Waals surface area contributed by atoms with Gasteiger partial charge in [-0.05, 0) is 23.3 Å². The summed E-state index contributed by atoms with van der Waals surface area (Å²) in [6.07, 6.45) is 0.620. The largest absolute Gasteiger partial charge is 0.467 e. The van der Waals surface area contributed by atoms with E-state index >= 15 is 0 Å². The van der Waals surface area contributed by atoms with Crippen molar-refractivity contribution in [1.82, 2.24) is 5.32 Å². The zero-order chi connectivity index (χ0) is 16.7. The van der Waals surface area contributed by atoms with Crippen molar-refractivity contribution in [1.29, 1.82) is 0 Å². The lowest BCUT2D eigenvalue weighted by atomic mass is 10.1. The number of halogens is 1. The van der Waals surface area contributed by atoms with Crippen LogP contribution in [-0.4, -0.2) is 25.0 Å². The Kier molecular flexibility index (Phi) is 6.35. The highest BCUT2D eigenvalue weighted by atomic mass is 79.9. The van der Waals surface area contributed by atoms with Crippen molar-refractivity contribution in [2.45, 2.75) is 18.9 Å². The molecule has 2 aromatic carbocycles. The molecule has 1 N–H and O–H groups in total. The monoisotopic (exact) mass is 375 g/mol. The van der Waals surface area contributed by atoms with Crippen LogP contribution in [0.25, 0.3) is 0 Å². The van der Waals surface area contributed by atoms with Gasteiger partial charge in [0.05, 0.1) is 13.5 Å². The first kappa shape index (κ1) is 17.2. The molecule has 4 nitrogen and oxygen atoms in total. The number of hydrogen-bond donors (Lipinski definition) is 1. The molecule has 0 saturated carbocycles. The molecule has 0 heterocycles. The minimum Gasteiger partial charge on any atom is -0.467 e. The SMILES string of the molecule is COC(=O)[C@H](Cc1ccc(Br)cc1)NC(=O)Cc1ccccc1. The van der Waals surface area contributed by atoms with E-state index in [1.807, 2.05) is 54.6 Å². The third kappa shape index (κ3) is 5.53. The van der Waals surface area contributed by atoms with E-state index in [4.69, 9.17) is 4.74 Å². The summed E-state index contributed by atoms with van der Waals surface area (Å²) in [6.45, 7) is 0. The Morgan fingerprint density at radius 2 is 1.70 bits per heavy atom. The van der Waals surface area contributed by atoms with Gasteiger partial charge in [0.15, 0.2) is 0 Å². The second-order valence-electron chi connectivity index (χ2n) is 5.14. The maximum absolute atomic E-state index is 12.2. The van der Waals surface area contributed by atoms with Crippen LogP contribution in [0.5, 0.6) is 0 Å². The standard InChI is InChI=1S/C18H18BrNO3/c1-23-18(22)16(11-14-7-9-15(19)10-8-14)20-17(21)12-13-5-3-2-4-6-13/h2-10,16H,11-12H2,1H3,(H,20,21)/t16-/m0/s1. The summed E-state index contributed by atoms with van der Waals surface area (Å²) in [6, 6.07) is 16.3. The Balaban J connectivity index is 2.02. The molecule has 0 unspecified atom stereocenters. The number of amides is 1. The molecule has 1 amide bonds. The fraction of sp³-hybridized carbons (Fsp3) is 0.222. The van der Waals surface area contributed by atoms with Crippen molar-refractivity contribution < 1.29 is 14.3 Å². The number of esters is 1. The van der Waals surface area contributed by atoms with Gasteiger partial charge in [0, 0.05) is 10.9 Å². The molecule has 2 aromatic rings. The fourth-order valence-corrected chi connectivity index (χ4v) is 2.48. The molecule has 0 fully saturated rings. The normalized spacial score (nSPS) is 11.6. The topological polar surface area (TPSA) is 55.4 Å². The molecule has 0 spiro atoms. The highest BCUT2D eigenvalue weighted by molar-refractivity contribution is 9.10. The number of rotatable bonds is 6. The van der Waals surface area contributed by atoms with Crippen molar-refractivity contribution in [3.63, 3.8) is 0 Å². The zero-order valence-corrected chi connectivity index (χ0v) is 14.4. The molecule has 23 heavy (non-hydrogen) atoms. The summed E-state index contributed by atoms with van der Waals surface area (Å²) in [5.74, 6) is -0.655. The van der Waals surface area contributed by atoms with Crippen molar-refractivity contribution in [3.8, 4) is 0 Å². The van der Waals surface area contributed by atoms with Crippen LogP contribution in [-0.2, 0) is 27.2 Å². The fourth-order valence-electron chi connectivity index (χ4n) is 2.22. The van der Waals surface area contributed by atoms with Gasteiger partial charge in [-0.25, -0.2) is 4.79 Å². The molecular formula is C18H18BrNO3. The highest BCUT2D eigenvalue weighted by Crippen LogP contribution is 2.12. The number of carbonyl (C=O) groups is 2. The van der Waals surface area contributed by atoms with Crippen LogP contribution in [0.15, 0.2) is 59.1 Å². The molecule has 0 aromatic heterocycles. The van der Waals surface area contributed by atoms with Gasteiger partial charge in [-0.2, -0.15) is 0 Å². The van der Waals surface area contributed by atoms with Gasteiger partial charge in [0.1, 0.15) is 6.04 Å². The van der Waals surface area contributed by atoms with E-state index in [0.717, 1.165) is 15.6 Å². The first-order chi connectivity index (χ1) is 11.1. The summed E-state index contributed by atoms with van der Waals surface area (Å²) in [5, 5.41) is 2.75. The lowest BCUT2D eigenvalue weighted by molar-refractivity contribution is -0.145. The summed E-state index contributed by atoms with van der Waals surface area (Å²) in [5.41, 5.74) is 1.85. The Morgan fingerprint density at radius 1 is 1.04 bits per heavy atom. The van der Waals surface area contributed by atoms with E-state index in [2.05, 4.69) is 21.2 Å². The van der Waals surface area contributed by atoms with Crippen LogP contribution in [0, 0.1) is 0 Å². The molecule has 0 aliphatic rings. The van der Waals surface area contributed by atoms with E-state index in [1.54, 1.807) is 0 Å². The lowest BCUT2D eigenvalue weighted by Gasteiger charge is -2.16. The maximum Gasteiger partial charge on any atom is 0.328 e. The first-order valence-electron chi connectivity index (χ1n) is 7.24. The minimum atomic E-state index is -0.697. The number of benzene rings is 2. The van der Waals surface area contributed by atoms with Crippen LogP contribution in [0.1, 0.15) is 11.1 Å². The molecular weight excluding hydrogens is 358 g/mol. The summed E-state index contributed by atoms with van der Waals surface area (Å²) in [7, 11) is 1.32. The van der Waals surface area contributed by atoms with Gasteiger partial charge < -0.3 is 10.1 Å². The Labute approximate surface area is 144 Å². The number of nitrogens with one attached hydrogen (secondary N) is 1. The average Bonchev–Trinajstić information content (AvgIpc) is 2.56. The third-order valence-electron chi connectivity index (χ3n) is 3.38. The number of ether oxygens (including phenoxy) is 1. The molecule has 2 rings (SSSR count). The zero-order valence-electron chi connectivity index (χ0n) is 12.8. The molecule has 120 valence electrons. The predicted molar refractivity (Wildman–Crippen MR) is 91.9 cm³/mol. The highest BCUT2D eigenvalue weighted by Gasteiger charge is 2.22. The summed E-state index contributed by atoms with van der Waals surface area (Å²) < 4.78 is 5.76. The Bertz CT molecular complexity index is 656. The minimum absolute atomic E-state index is 0.205. The first-order valence-corrected chi connectivity index (χ1v) is 8.03. The molecule has 0 bridgehead atoms. The van der Waals surface area contributed by atoms with Crippen molar-refractivity contribution in [2.24, 2.45) is 0 Å². The van der Waals surface area contributed by atoms with E-state index < -0.39 is 12.0 Å². The van der Waals surface area contributed by atoms with Crippen LogP contribution < -0.4 is 5.32 Å². The average molecular weight is 376 g/mol. The quantitative estimate of drug-likeness (QED) is 0.789. The molecule has 5 heteroatoms. The molecule has 1 atom stereocenters. The van der Waals surface area contributed by atoms with Gasteiger partial charge in [0.2, 0.25) is 5.91 Å². The van der Waals surface area contributed by atoms with Crippen molar-refractivity contribution in [2.75, 3.05) is 7.11 Å². The van der Waals surface area contributed by atoms with Gasteiger partial charge in [-0.1, -0.05) is 58.4 Å². The predicted octanol–water partition coefficient (Wildman–Crippen LogP) is 2.89. The maximum atomic E-state index is 12.2. The number of methoxy groups -OCH3 is 1. The van der Waals surface area contributed by atoms with Gasteiger partial charge in [-0.3, -0.25) is 4.79 Å². The Hall–Kier alpha value is -2.14. The molecule has 0 aliphatic carbocycles. The van der Waals surface area contributed by atoms with E-state index in [9.17, 15) is 9.59 Å². The van der Waals surface area contributed by atoms with Crippen molar-refractivity contribution in [3.05, 3.63) is 70.2 Å². The Morgan fingerprint density at radius 3 is 2.30 bits per heavy atom. The van der Waals surface area contributed by atoms with Crippen molar-refractivity contribution >= 4 is 27.8 Å². The molecule has 0 aliphatic heterocycles. The van der Waals surface area contributed by atoms with E-state index in [0.29, 0.717) is 6.42 Å². The number of carbonyl (C=O) groups excluding carboxylic acids is 2. The summed E-state index contributed by atoms with van der Waals surface area (Å²) >= 11 is 3.37. The van der Waals surface area contributed by atoms with Crippen LogP contribution in [0.2, 0.25) is 0 Å². The van der Waals surface area contributed by atoms with Gasteiger partial charge in [-0.15, -0.1) is 0 Å². The van der Waals surface area contributed by atoms with E-state index in [1.165, 1.54) is 7.11 Å². The molecule has 0 saturated heterocycles. The third-order valence-corrected chi connectivity index (χ3v) is 3.91. The molecule has 0 radical (unpaired) electrons. The van der Waals surface area contributed by atoms with Crippen LogP contribution >= 0.6 is 15.9 Å². The van der Waals surface area contributed by atoms with Crippen LogP contribution in [0.4, 0.5) is 0 Å². The van der Waals surface area contributed by atoms with Crippen LogP contribution in [0.3, 0.4) is 0 Å². The number of hydrogen-bond acceptors (Lipinski definition) is 3.